The molecular formula is C13H20N4. The Morgan fingerprint density at radius 1 is 1.00 bits per heavy atom. The average molecular weight is 232 g/mol. The molecule has 0 saturated carbocycles. The van der Waals surface area contributed by atoms with Gasteiger partial charge in [-0.15, -0.1) is 0 Å². The van der Waals surface area contributed by atoms with Crippen molar-refractivity contribution in [3.8, 4) is 5.69 Å². The second-order valence-corrected chi connectivity index (χ2v) is 3.53. The highest BCUT2D eigenvalue weighted by Gasteiger charge is 2.03. The number of aryl methyl sites for hydroxylation is 2. The lowest BCUT2D eigenvalue weighted by Crippen LogP contribution is -2.00. The second-order valence-electron chi connectivity index (χ2n) is 3.53. The molecule has 2 rings (SSSR count). The van der Waals surface area contributed by atoms with Crippen LogP contribution in [0.4, 0.5) is 0 Å². The van der Waals surface area contributed by atoms with E-state index in [0.717, 1.165) is 22.6 Å². The van der Waals surface area contributed by atoms with E-state index >= 15 is 0 Å². The van der Waals surface area contributed by atoms with Gasteiger partial charge in [-0.1, -0.05) is 26.0 Å². The molecule has 1 heterocycles. The van der Waals surface area contributed by atoms with E-state index in [1.54, 1.807) is 4.80 Å². The number of nitrogens with zero attached hydrogens (tertiary/aromatic N) is 3. The predicted octanol–water partition coefficient (Wildman–Crippen LogP) is 2.37. The van der Waals surface area contributed by atoms with Crippen LogP contribution in [0.15, 0.2) is 24.3 Å². The van der Waals surface area contributed by atoms with Crippen molar-refractivity contribution in [2.24, 2.45) is 5.73 Å². The number of aromatic nitrogens is 3. The normalized spacial score (nSPS) is 9.71. The molecular weight excluding hydrogens is 212 g/mol. The van der Waals surface area contributed by atoms with E-state index in [9.17, 15) is 0 Å². The Morgan fingerprint density at radius 2 is 1.47 bits per heavy atom. The van der Waals surface area contributed by atoms with Crippen LogP contribution in [0.3, 0.4) is 0 Å². The number of benzene rings is 1. The molecule has 0 aliphatic carbocycles. The summed E-state index contributed by atoms with van der Waals surface area (Å²) in [6.07, 6.45) is 0. The third-order valence-corrected chi connectivity index (χ3v) is 2.42. The van der Waals surface area contributed by atoms with Crippen LogP contribution in [-0.2, 0) is 6.54 Å². The molecule has 0 atom stereocenters. The molecule has 0 fully saturated rings. The predicted molar refractivity (Wildman–Crippen MR) is 70.1 cm³/mol. The third-order valence-electron chi connectivity index (χ3n) is 2.42. The molecule has 2 aromatic rings. The van der Waals surface area contributed by atoms with Gasteiger partial charge in [0, 0.05) is 6.54 Å². The molecule has 92 valence electrons. The Bertz CT molecular complexity index is 437. The summed E-state index contributed by atoms with van der Waals surface area (Å²) in [6, 6.07) is 7.93. The average Bonchev–Trinajstić information content (AvgIpc) is 2.72. The summed E-state index contributed by atoms with van der Waals surface area (Å²) in [5.74, 6) is 0. The Balaban J connectivity index is 0.000000686. The zero-order valence-electron chi connectivity index (χ0n) is 10.9. The van der Waals surface area contributed by atoms with Crippen molar-refractivity contribution in [3.63, 3.8) is 0 Å². The van der Waals surface area contributed by atoms with Crippen molar-refractivity contribution in [2.75, 3.05) is 0 Å². The SMILES string of the molecule is CC.Cc1nn(-c2ccc(CN)cc2)nc1C. The molecule has 0 spiro atoms. The minimum atomic E-state index is 0.560. The Kier molecular flexibility index (Phi) is 4.84. The van der Waals surface area contributed by atoms with Crippen molar-refractivity contribution in [3.05, 3.63) is 41.2 Å². The minimum absolute atomic E-state index is 0.560. The lowest BCUT2D eigenvalue weighted by molar-refractivity contribution is 0.740. The van der Waals surface area contributed by atoms with E-state index in [-0.39, 0.29) is 0 Å². The summed E-state index contributed by atoms with van der Waals surface area (Å²) in [5.41, 5.74) is 9.51. The molecule has 4 nitrogen and oxygen atoms in total. The zero-order valence-corrected chi connectivity index (χ0v) is 10.9. The van der Waals surface area contributed by atoms with Crippen LogP contribution in [-0.4, -0.2) is 15.0 Å². The minimum Gasteiger partial charge on any atom is -0.326 e. The van der Waals surface area contributed by atoms with Gasteiger partial charge in [-0.3, -0.25) is 0 Å². The largest absolute Gasteiger partial charge is 0.326 e. The van der Waals surface area contributed by atoms with E-state index in [1.165, 1.54) is 0 Å². The number of hydrogen-bond acceptors (Lipinski definition) is 3. The highest BCUT2D eigenvalue weighted by Crippen LogP contribution is 2.09. The van der Waals surface area contributed by atoms with Crippen LogP contribution >= 0.6 is 0 Å². The Labute approximate surface area is 102 Å². The van der Waals surface area contributed by atoms with Crippen LogP contribution < -0.4 is 5.73 Å². The lowest BCUT2D eigenvalue weighted by atomic mass is 10.2. The molecule has 1 aromatic heterocycles. The molecule has 0 saturated heterocycles. The van der Waals surface area contributed by atoms with Crippen LogP contribution in [0.25, 0.3) is 5.69 Å². The van der Waals surface area contributed by atoms with Gasteiger partial charge >= 0.3 is 0 Å². The van der Waals surface area contributed by atoms with Crippen LogP contribution in [0.5, 0.6) is 0 Å². The summed E-state index contributed by atoms with van der Waals surface area (Å²) in [6.45, 7) is 8.46. The quantitative estimate of drug-likeness (QED) is 0.864. The smallest absolute Gasteiger partial charge is 0.0857 e. The Morgan fingerprint density at radius 3 is 1.88 bits per heavy atom. The van der Waals surface area contributed by atoms with Gasteiger partial charge in [0.05, 0.1) is 17.1 Å². The molecule has 0 radical (unpaired) electrons. The highest BCUT2D eigenvalue weighted by atomic mass is 15.5. The van der Waals surface area contributed by atoms with Gasteiger partial charge in [0.1, 0.15) is 0 Å². The van der Waals surface area contributed by atoms with E-state index in [1.807, 2.05) is 52.0 Å². The molecule has 17 heavy (non-hydrogen) atoms. The molecule has 0 unspecified atom stereocenters. The first kappa shape index (κ1) is 13.4. The van der Waals surface area contributed by atoms with Crippen LogP contribution in [0, 0.1) is 13.8 Å². The number of rotatable bonds is 2. The van der Waals surface area contributed by atoms with Gasteiger partial charge in [0.2, 0.25) is 0 Å². The van der Waals surface area contributed by atoms with Gasteiger partial charge in [-0.25, -0.2) is 0 Å². The molecule has 2 N–H and O–H groups in total. The van der Waals surface area contributed by atoms with Gasteiger partial charge in [0.15, 0.2) is 0 Å². The van der Waals surface area contributed by atoms with Crippen LogP contribution in [0.1, 0.15) is 30.8 Å². The summed E-state index contributed by atoms with van der Waals surface area (Å²) >= 11 is 0. The lowest BCUT2D eigenvalue weighted by Gasteiger charge is -2.00. The topological polar surface area (TPSA) is 56.7 Å². The Hall–Kier alpha value is -1.68. The van der Waals surface area contributed by atoms with Crippen molar-refractivity contribution in [1.82, 2.24) is 15.0 Å². The first-order chi connectivity index (χ1) is 8.20. The number of nitrogens with two attached hydrogens (primary N) is 1. The van der Waals surface area contributed by atoms with Crippen molar-refractivity contribution < 1.29 is 0 Å². The van der Waals surface area contributed by atoms with Gasteiger partial charge in [0.25, 0.3) is 0 Å². The fourth-order valence-corrected chi connectivity index (χ4v) is 1.33. The fraction of sp³-hybridized carbons (Fsp3) is 0.385. The van der Waals surface area contributed by atoms with Crippen molar-refractivity contribution in [2.45, 2.75) is 34.2 Å². The third kappa shape index (κ3) is 3.14. The molecule has 1 aromatic carbocycles. The maximum absolute atomic E-state index is 5.53. The summed E-state index contributed by atoms with van der Waals surface area (Å²) < 4.78 is 0. The van der Waals surface area contributed by atoms with E-state index in [4.69, 9.17) is 5.73 Å². The maximum atomic E-state index is 5.53. The first-order valence-electron chi connectivity index (χ1n) is 5.90. The van der Waals surface area contributed by atoms with Crippen molar-refractivity contribution >= 4 is 0 Å². The van der Waals surface area contributed by atoms with E-state index < -0.39 is 0 Å². The van der Waals surface area contributed by atoms with Crippen molar-refractivity contribution in [1.29, 1.82) is 0 Å². The van der Waals surface area contributed by atoms with Gasteiger partial charge < -0.3 is 5.73 Å². The van der Waals surface area contributed by atoms with Crippen LogP contribution in [0.2, 0.25) is 0 Å². The summed E-state index contributed by atoms with van der Waals surface area (Å²) in [5, 5.41) is 8.62. The monoisotopic (exact) mass is 232 g/mol. The van der Waals surface area contributed by atoms with Gasteiger partial charge in [-0.2, -0.15) is 15.0 Å². The van der Waals surface area contributed by atoms with E-state index in [2.05, 4.69) is 10.2 Å². The number of hydrogen-bond donors (Lipinski definition) is 1. The molecule has 0 aliphatic heterocycles. The highest BCUT2D eigenvalue weighted by molar-refractivity contribution is 5.33. The standard InChI is InChI=1S/C11H14N4.C2H6/c1-8-9(2)14-15(13-8)11-5-3-10(7-12)4-6-11;1-2/h3-6H,7,12H2,1-2H3;1-2H3. The molecule has 0 bridgehead atoms. The molecule has 0 amide bonds. The van der Waals surface area contributed by atoms with E-state index in [0.29, 0.717) is 6.54 Å². The fourth-order valence-electron chi connectivity index (χ4n) is 1.33. The summed E-state index contributed by atoms with van der Waals surface area (Å²) in [4.78, 5) is 1.64. The molecule has 4 heteroatoms. The zero-order chi connectivity index (χ0) is 12.8. The maximum Gasteiger partial charge on any atom is 0.0857 e. The van der Waals surface area contributed by atoms with Gasteiger partial charge in [-0.05, 0) is 31.5 Å². The molecule has 0 aliphatic rings. The summed E-state index contributed by atoms with van der Waals surface area (Å²) in [7, 11) is 0. The first-order valence-corrected chi connectivity index (χ1v) is 5.90. The second kappa shape index (κ2) is 6.15.